The summed E-state index contributed by atoms with van der Waals surface area (Å²) in [5.41, 5.74) is 2.51. The van der Waals surface area contributed by atoms with E-state index in [1.165, 1.54) is 0 Å². The van der Waals surface area contributed by atoms with Gasteiger partial charge in [0.05, 0.1) is 18.8 Å². The Bertz CT molecular complexity index is 699. The standard InChI is InChI=1S/C18H24N4O2/c1-13-4-6-15(7-5-13)20-17(24)21-16(14-10-19-22(2)11-14)18(12-23)8-3-9-18/h4-7,10-11,16,23H,3,8-9,12H2,1-2H3,(H2,20,21,24). The van der Waals surface area contributed by atoms with Gasteiger partial charge in [0.25, 0.3) is 0 Å². The Labute approximate surface area is 141 Å². The first-order valence-corrected chi connectivity index (χ1v) is 8.26. The largest absolute Gasteiger partial charge is 0.396 e. The zero-order chi connectivity index (χ0) is 17.2. The van der Waals surface area contributed by atoms with Gasteiger partial charge in [0, 0.05) is 29.9 Å². The van der Waals surface area contributed by atoms with E-state index in [4.69, 9.17) is 0 Å². The van der Waals surface area contributed by atoms with E-state index < -0.39 is 0 Å². The molecule has 1 aliphatic rings. The molecule has 0 aliphatic heterocycles. The molecule has 24 heavy (non-hydrogen) atoms. The summed E-state index contributed by atoms with van der Waals surface area (Å²) in [5, 5.41) is 20.0. The summed E-state index contributed by atoms with van der Waals surface area (Å²) < 4.78 is 1.71. The van der Waals surface area contributed by atoms with E-state index in [2.05, 4.69) is 15.7 Å². The van der Waals surface area contributed by atoms with Crippen molar-refractivity contribution in [3.63, 3.8) is 0 Å². The number of rotatable bonds is 5. The van der Waals surface area contributed by atoms with Gasteiger partial charge in [0.2, 0.25) is 0 Å². The lowest BCUT2D eigenvalue weighted by atomic mass is 9.63. The highest BCUT2D eigenvalue weighted by molar-refractivity contribution is 5.89. The molecule has 0 radical (unpaired) electrons. The van der Waals surface area contributed by atoms with Crippen LogP contribution < -0.4 is 10.6 Å². The molecule has 1 unspecified atom stereocenters. The molecule has 1 aromatic carbocycles. The number of amides is 2. The summed E-state index contributed by atoms with van der Waals surface area (Å²) in [4.78, 5) is 12.5. The molecular weight excluding hydrogens is 304 g/mol. The monoisotopic (exact) mass is 328 g/mol. The van der Waals surface area contributed by atoms with Crippen molar-refractivity contribution < 1.29 is 9.90 Å². The Morgan fingerprint density at radius 1 is 1.38 bits per heavy atom. The highest BCUT2D eigenvalue weighted by Gasteiger charge is 2.45. The fraction of sp³-hybridized carbons (Fsp3) is 0.444. The third kappa shape index (κ3) is 3.28. The van der Waals surface area contributed by atoms with Crippen LogP contribution in [-0.4, -0.2) is 27.5 Å². The maximum atomic E-state index is 12.5. The molecule has 128 valence electrons. The van der Waals surface area contributed by atoms with E-state index in [1.807, 2.05) is 44.4 Å². The molecule has 0 spiro atoms. The molecule has 1 aliphatic carbocycles. The molecule has 0 bridgehead atoms. The first-order chi connectivity index (χ1) is 11.5. The van der Waals surface area contributed by atoms with Crippen LogP contribution in [0.3, 0.4) is 0 Å². The van der Waals surface area contributed by atoms with E-state index in [1.54, 1.807) is 10.9 Å². The number of nitrogens with zero attached hydrogens (tertiary/aromatic N) is 2. The van der Waals surface area contributed by atoms with Crippen molar-refractivity contribution in [1.29, 1.82) is 0 Å². The highest BCUT2D eigenvalue weighted by Crippen LogP contribution is 2.49. The van der Waals surface area contributed by atoms with E-state index in [-0.39, 0.29) is 24.1 Å². The topological polar surface area (TPSA) is 79.2 Å². The zero-order valence-electron chi connectivity index (χ0n) is 14.1. The second kappa shape index (κ2) is 6.65. The fourth-order valence-electron chi connectivity index (χ4n) is 3.28. The van der Waals surface area contributed by atoms with Gasteiger partial charge in [0.1, 0.15) is 0 Å². The van der Waals surface area contributed by atoms with Crippen molar-refractivity contribution in [2.45, 2.75) is 32.2 Å². The number of urea groups is 1. The molecule has 1 fully saturated rings. The molecule has 3 N–H and O–H groups in total. The molecule has 2 aromatic rings. The molecule has 1 atom stereocenters. The van der Waals surface area contributed by atoms with Gasteiger partial charge in [0.15, 0.2) is 0 Å². The number of carbonyl (C=O) groups excluding carboxylic acids is 1. The number of aromatic nitrogens is 2. The minimum absolute atomic E-state index is 0.0529. The summed E-state index contributed by atoms with van der Waals surface area (Å²) in [6.07, 6.45) is 6.51. The number of nitrogens with one attached hydrogen (secondary N) is 2. The summed E-state index contributed by atoms with van der Waals surface area (Å²) >= 11 is 0. The van der Waals surface area contributed by atoms with E-state index in [9.17, 15) is 9.90 Å². The van der Waals surface area contributed by atoms with Gasteiger partial charge in [-0.2, -0.15) is 5.10 Å². The van der Waals surface area contributed by atoms with Crippen molar-refractivity contribution in [3.8, 4) is 0 Å². The van der Waals surface area contributed by atoms with Crippen LogP contribution in [0.2, 0.25) is 0 Å². The van der Waals surface area contributed by atoms with Gasteiger partial charge in [-0.25, -0.2) is 4.79 Å². The van der Waals surface area contributed by atoms with Crippen LogP contribution in [0.4, 0.5) is 10.5 Å². The van der Waals surface area contributed by atoms with Crippen LogP contribution in [0.1, 0.15) is 36.4 Å². The van der Waals surface area contributed by atoms with Gasteiger partial charge >= 0.3 is 6.03 Å². The Hall–Kier alpha value is -2.34. The highest BCUT2D eigenvalue weighted by atomic mass is 16.3. The maximum absolute atomic E-state index is 12.5. The smallest absolute Gasteiger partial charge is 0.319 e. The number of benzene rings is 1. The van der Waals surface area contributed by atoms with Crippen molar-refractivity contribution in [3.05, 3.63) is 47.8 Å². The lowest BCUT2D eigenvalue weighted by Crippen LogP contribution is -2.48. The minimum Gasteiger partial charge on any atom is -0.396 e. The SMILES string of the molecule is Cc1ccc(NC(=O)NC(c2cnn(C)c2)C2(CO)CCC2)cc1. The molecule has 2 amide bonds. The summed E-state index contributed by atoms with van der Waals surface area (Å²) in [6.45, 7) is 2.06. The zero-order valence-corrected chi connectivity index (χ0v) is 14.1. The molecular formula is C18H24N4O2. The van der Waals surface area contributed by atoms with Crippen LogP contribution in [-0.2, 0) is 7.05 Å². The van der Waals surface area contributed by atoms with Gasteiger partial charge in [-0.3, -0.25) is 4.68 Å². The van der Waals surface area contributed by atoms with Crippen LogP contribution in [0.15, 0.2) is 36.7 Å². The predicted molar refractivity (Wildman–Crippen MR) is 92.7 cm³/mol. The van der Waals surface area contributed by atoms with Crippen LogP contribution in [0.5, 0.6) is 0 Å². The van der Waals surface area contributed by atoms with Crippen LogP contribution >= 0.6 is 0 Å². The Morgan fingerprint density at radius 3 is 2.58 bits per heavy atom. The second-order valence-electron chi connectivity index (χ2n) is 6.72. The van der Waals surface area contributed by atoms with E-state index in [0.717, 1.165) is 36.1 Å². The van der Waals surface area contributed by atoms with Crippen molar-refractivity contribution in [1.82, 2.24) is 15.1 Å². The first-order valence-electron chi connectivity index (χ1n) is 8.26. The average Bonchev–Trinajstić information content (AvgIpc) is 2.94. The van der Waals surface area contributed by atoms with Gasteiger partial charge < -0.3 is 15.7 Å². The number of carbonyl (C=O) groups is 1. The van der Waals surface area contributed by atoms with Gasteiger partial charge in [-0.1, -0.05) is 24.1 Å². The Kier molecular flexibility index (Phi) is 4.57. The van der Waals surface area contributed by atoms with E-state index in [0.29, 0.717) is 0 Å². The molecule has 1 saturated carbocycles. The Morgan fingerprint density at radius 2 is 2.08 bits per heavy atom. The Balaban J connectivity index is 1.76. The first kappa shape index (κ1) is 16.5. The summed E-state index contributed by atoms with van der Waals surface area (Å²) in [6, 6.07) is 7.13. The molecule has 0 saturated heterocycles. The number of anilines is 1. The number of hydrogen-bond donors (Lipinski definition) is 3. The lowest BCUT2D eigenvalue weighted by molar-refractivity contribution is 0.00967. The minimum atomic E-state index is -0.298. The molecule has 3 rings (SSSR count). The van der Waals surface area contributed by atoms with Gasteiger partial charge in [-0.05, 0) is 31.9 Å². The maximum Gasteiger partial charge on any atom is 0.319 e. The molecule has 1 aromatic heterocycles. The molecule has 6 heteroatoms. The normalized spacial score (nSPS) is 17.0. The average molecular weight is 328 g/mol. The predicted octanol–water partition coefficient (Wildman–Crippen LogP) is 2.75. The molecule has 6 nitrogen and oxygen atoms in total. The summed E-state index contributed by atoms with van der Waals surface area (Å²) in [7, 11) is 1.85. The van der Waals surface area contributed by atoms with Crippen molar-refractivity contribution in [2.75, 3.05) is 11.9 Å². The van der Waals surface area contributed by atoms with Crippen molar-refractivity contribution in [2.24, 2.45) is 12.5 Å². The lowest BCUT2D eigenvalue weighted by Gasteiger charge is -2.46. The van der Waals surface area contributed by atoms with Crippen LogP contribution in [0.25, 0.3) is 0 Å². The number of aliphatic hydroxyl groups is 1. The van der Waals surface area contributed by atoms with Gasteiger partial charge in [-0.15, -0.1) is 0 Å². The summed E-state index contributed by atoms with van der Waals surface area (Å²) in [5.74, 6) is 0. The quantitative estimate of drug-likeness (QED) is 0.789. The number of aliphatic hydroxyl groups excluding tert-OH is 1. The van der Waals surface area contributed by atoms with E-state index >= 15 is 0 Å². The van der Waals surface area contributed by atoms with Crippen LogP contribution in [0, 0.1) is 12.3 Å². The third-order valence-electron chi connectivity index (χ3n) is 4.92. The number of aryl methyl sites for hydroxylation is 2. The second-order valence-corrected chi connectivity index (χ2v) is 6.72. The fourth-order valence-corrected chi connectivity index (χ4v) is 3.28. The number of hydrogen-bond acceptors (Lipinski definition) is 3. The van der Waals surface area contributed by atoms with Crippen molar-refractivity contribution >= 4 is 11.7 Å². The third-order valence-corrected chi connectivity index (χ3v) is 4.92. The molecule has 1 heterocycles.